The number of hydrogen-bond donors (Lipinski definition) is 2. The Morgan fingerprint density at radius 1 is 1.14 bits per heavy atom. The van der Waals surface area contributed by atoms with Crippen LogP contribution in [0, 0.1) is 0 Å². The van der Waals surface area contributed by atoms with Gasteiger partial charge < -0.3 is 10.0 Å². The van der Waals surface area contributed by atoms with E-state index in [4.69, 9.17) is 0 Å². The summed E-state index contributed by atoms with van der Waals surface area (Å²) in [4.78, 5) is 19.0. The second-order valence-corrected chi connectivity index (χ2v) is 7.32. The van der Waals surface area contributed by atoms with Crippen LogP contribution in [-0.2, 0) is 0 Å². The molecule has 2 fully saturated rings. The molecule has 0 unspecified atom stereocenters. The molecule has 5 nitrogen and oxygen atoms in total. The molecule has 6 heteroatoms. The fraction of sp³-hybridized carbons (Fsp3) is 0.750. The van der Waals surface area contributed by atoms with Crippen LogP contribution in [0.25, 0.3) is 0 Å². The summed E-state index contributed by atoms with van der Waals surface area (Å²) in [6.07, 6.45) is 10.8. The van der Waals surface area contributed by atoms with Gasteiger partial charge in [0.05, 0.1) is 6.10 Å². The molecule has 1 aromatic heterocycles. The first-order chi connectivity index (χ1) is 10.7. The number of carbonyl (C=O) groups is 1. The predicted molar refractivity (Wildman–Crippen MR) is 88.1 cm³/mol. The Morgan fingerprint density at radius 3 is 2.45 bits per heavy atom. The monoisotopic (exact) mass is 323 g/mol. The van der Waals surface area contributed by atoms with Crippen molar-refractivity contribution in [3.8, 4) is 0 Å². The number of aromatic nitrogens is 1. The van der Waals surface area contributed by atoms with Crippen LogP contribution in [0.2, 0.25) is 0 Å². The number of aliphatic hydroxyl groups is 1. The van der Waals surface area contributed by atoms with Crippen LogP contribution in [0.4, 0.5) is 9.93 Å². The zero-order valence-corrected chi connectivity index (χ0v) is 13.7. The van der Waals surface area contributed by atoms with Crippen molar-refractivity contribution in [1.82, 2.24) is 9.88 Å². The predicted octanol–water partition coefficient (Wildman–Crippen LogP) is 3.61. The number of thiazole rings is 1. The normalized spacial score (nSPS) is 26.6. The van der Waals surface area contributed by atoms with Crippen LogP contribution in [0.5, 0.6) is 0 Å². The molecule has 0 saturated heterocycles. The highest BCUT2D eigenvalue weighted by molar-refractivity contribution is 7.13. The largest absolute Gasteiger partial charge is 0.393 e. The highest BCUT2D eigenvalue weighted by atomic mass is 32.1. The van der Waals surface area contributed by atoms with Crippen LogP contribution in [0.15, 0.2) is 11.6 Å². The van der Waals surface area contributed by atoms with Crippen molar-refractivity contribution in [2.24, 2.45) is 0 Å². The molecule has 2 saturated carbocycles. The molecule has 2 N–H and O–H groups in total. The van der Waals surface area contributed by atoms with Crippen LogP contribution in [0.1, 0.15) is 57.8 Å². The van der Waals surface area contributed by atoms with E-state index >= 15 is 0 Å². The second kappa shape index (κ2) is 7.42. The van der Waals surface area contributed by atoms with Gasteiger partial charge in [0.25, 0.3) is 0 Å². The number of aliphatic hydroxyl groups excluding tert-OH is 1. The summed E-state index contributed by atoms with van der Waals surface area (Å²) in [5, 5.41) is 15.2. The molecule has 0 aromatic carbocycles. The Labute approximate surface area is 135 Å². The molecular formula is C16H25N3O2S. The van der Waals surface area contributed by atoms with E-state index in [0.717, 1.165) is 38.5 Å². The van der Waals surface area contributed by atoms with Gasteiger partial charge in [0, 0.05) is 23.7 Å². The first kappa shape index (κ1) is 15.7. The first-order valence-corrected chi connectivity index (χ1v) is 9.29. The van der Waals surface area contributed by atoms with Gasteiger partial charge in [-0.2, -0.15) is 0 Å². The summed E-state index contributed by atoms with van der Waals surface area (Å²) in [6, 6.07) is 0.587. The van der Waals surface area contributed by atoms with E-state index in [1.54, 1.807) is 6.20 Å². The lowest BCUT2D eigenvalue weighted by Crippen LogP contribution is -2.51. The van der Waals surface area contributed by atoms with Crippen molar-refractivity contribution in [2.45, 2.75) is 76.0 Å². The van der Waals surface area contributed by atoms with Crippen LogP contribution >= 0.6 is 11.3 Å². The molecule has 0 atom stereocenters. The number of amides is 2. The molecule has 3 rings (SSSR count). The summed E-state index contributed by atoms with van der Waals surface area (Å²) in [7, 11) is 0. The highest BCUT2D eigenvalue weighted by Crippen LogP contribution is 2.31. The number of nitrogens with one attached hydrogen (secondary N) is 1. The average Bonchev–Trinajstić information content (AvgIpc) is 3.03. The standard InChI is InChI=1S/C16H25N3O2S/c20-14-8-6-13(7-9-14)19(12-4-2-1-3-5-12)16(21)18-15-17-10-11-22-15/h10-14,20H,1-9H2,(H,17,18,21)/t13-,14-. The Hall–Kier alpha value is -1.14. The molecule has 1 heterocycles. The smallest absolute Gasteiger partial charge is 0.324 e. The van der Waals surface area contributed by atoms with Crippen molar-refractivity contribution >= 4 is 22.5 Å². The van der Waals surface area contributed by atoms with Crippen molar-refractivity contribution < 1.29 is 9.90 Å². The van der Waals surface area contributed by atoms with Crippen molar-refractivity contribution in [2.75, 3.05) is 5.32 Å². The maximum atomic E-state index is 12.8. The fourth-order valence-corrected chi connectivity index (χ4v) is 4.29. The van der Waals surface area contributed by atoms with Gasteiger partial charge in [-0.05, 0) is 38.5 Å². The van der Waals surface area contributed by atoms with Crippen LogP contribution in [0.3, 0.4) is 0 Å². The molecule has 0 radical (unpaired) electrons. The topological polar surface area (TPSA) is 65.5 Å². The Kier molecular flexibility index (Phi) is 5.31. The quantitative estimate of drug-likeness (QED) is 0.893. The number of anilines is 1. The molecule has 0 bridgehead atoms. The van der Waals surface area contributed by atoms with Crippen LogP contribution in [-0.4, -0.2) is 39.2 Å². The van der Waals surface area contributed by atoms with Crippen molar-refractivity contribution in [1.29, 1.82) is 0 Å². The average molecular weight is 323 g/mol. The summed E-state index contributed by atoms with van der Waals surface area (Å²) < 4.78 is 0. The Balaban J connectivity index is 1.71. The van der Waals surface area contributed by atoms with Gasteiger partial charge in [-0.1, -0.05) is 19.3 Å². The number of hydrogen-bond acceptors (Lipinski definition) is 4. The van der Waals surface area contributed by atoms with Gasteiger partial charge in [0.1, 0.15) is 0 Å². The van der Waals surface area contributed by atoms with Gasteiger partial charge in [0.2, 0.25) is 0 Å². The maximum absolute atomic E-state index is 12.8. The minimum Gasteiger partial charge on any atom is -0.393 e. The van der Waals surface area contributed by atoms with Gasteiger partial charge in [-0.15, -0.1) is 11.3 Å². The minimum absolute atomic E-state index is 0.0109. The molecule has 0 aliphatic heterocycles. The van der Waals surface area contributed by atoms with Gasteiger partial charge in [-0.3, -0.25) is 5.32 Å². The van der Waals surface area contributed by atoms with E-state index in [9.17, 15) is 9.90 Å². The third-order valence-electron chi connectivity index (χ3n) is 4.91. The number of carbonyl (C=O) groups excluding carboxylic acids is 1. The third kappa shape index (κ3) is 3.79. The van der Waals surface area contributed by atoms with Gasteiger partial charge in [-0.25, -0.2) is 9.78 Å². The summed E-state index contributed by atoms with van der Waals surface area (Å²) in [5.74, 6) is 0. The number of rotatable bonds is 3. The molecular weight excluding hydrogens is 298 g/mol. The van der Waals surface area contributed by atoms with Crippen molar-refractivity contribution in [3.63, 3.8) is 0 Å². The Morgan fingerprint density at radius 2 is 1.82 bits per heavy atom. The Bertz CT molecular complexity index is 466. The summed E-state index contributed by atoms with van der Waals surface area (Å²) >= 11 is 1.45. The van der Waals surface area contributed by atoms with E-state index < -0.39 is 0 Å². The molecule has 122 valence electrons. The van der Waals surface area contributed by atoms with Crippen LogP contribution < -0.4 is 5.32 Å². The highest BCUT2D eigenvalue weighted by Gasteiger charge is 2.34. The summed E-state index contributed by atoms with van der Waals surface area (Å²) in [6.45, 7) is 0. The second-order valence-electron chi connectivity index (χ2n) is 6.43. The maximum Gasteiger partial charge on any atom is 0.324 e. The molecule has 0 spiro atoms. The SMILES string of the molecule is O=C(Nc1nccs1)N(C1CCCCC1)[C@H]1CC[C@H](O)CC1. The van der Waals surface area contributed by atoms with E-state index in [0.29, 0.717) is 11.2 Å². The lowest BCUT2D eigenvalue weighted by Gasteiger charge is -2.42. The molecule has 2 aliphatic rings. The summed E-state index contributed by atoms with van der Waals surface area (Å²) in [5.41, 5.74) is 0. The fourth-order valence-electron chi connectivity index (χ4n) is 3.77. The molecule has 22 heavy (non-hydrogen) atoms. The van der Waals surface area contributed by atoms with Gasteiger partial charge >= 0.3 is 6.03 Å². The molecule has 2 aliphatic carbocycles. The van der Waals surface area contributed by atoms with Gasteiger partial charge in [0.15, 0.2) is 5.13 Å². The lowest BCUT2D eigenvalue weighted by atomic mass is 9.88. The van der Waals surface area contributed by atoms with E-state index in [-0.39, 0.29) is 18.2 Å². The minimum atomic E-state index is -0.188. The third-order valence-corrected chi connectivity index (χ3v) is 5.60. The van der Waals surface area contributed by atoms with E-state index in [2.05, 4.69) is 15.2 Å². The number of urea groups is 1. The van der Waals surface area contributed by atoms with E-state index in [1.165, 1.54) is 30.6 Å². The molecule has 2 amide bonds. The van der Waals surface area contributed by atoms with Crippen molar-refractivity contribution in [3.05, 3.63) is 11.6 Å². The zero-order valence-electron chi connectivity index (χ0n) is 12.9. The first-order valence-electron chi connectivity index (χ1n) is 8.41. The number of nitrogens with zero attached hydrogens (tertiary/aromatic N) is 2. The zero-order chi connectivity index (χ0) is 15.4. The lowest BCUT2D eigenvalue weighted by molar-refractivity contribution is 0.0645. The van der Waals surface area contributed by atoms with E-state index in [1.807, 2.05) is 5.38 Å². The molecule has 1 aromatic rings.